The molecule has 4 rings (SSSR count). The molecule has 30 heavy (non-hydrogen) atoms. The number of anilines is 1. The smallest absolute Gasteiger partial charge is 0.352 e. The van der Waals surface area contributed by atoms with Crippen LogP contribution in [0.4, 0.5) is 19.1 Å². The summed E-state index contributed by atoms with van der Waals surface area (Å²) < 4.78 is 38.0. The summed E-state index contributed by atoms with van der Waals surface area (Å²) in [5.74, 6) is 0.329. The predicted octanol–water partition coefficient (Wildman–Crippen LogP) is 3.96. The topological polar surface area (TPSA) is 61.0 Å². The van der Waals surface area contributed by atoms with Crippen LogP contribution in [0.25, 0.3) is 0 Å². The molecule has 0 amide bonds. The van der Waals surface area contributed by atoms with Gasteiger partial charge in [0.15, 0.2) is 0 Å². The van der Waals surface area contributed by atoms with Crippen LogP contribution in [0.1, 0.15) is 27.9 Å². The third-order valence-corrected chi connectivity index (χ3v) is 5.14. The molecule has 0 fully saturated rings. The Bertz CT molecular complexity index is 1060. The van der Waals surface area contributed by atoms with Gasteiger partial charge in [0.1, 0.15) is 0 Å². The lowest BCUT2D eigenvalue weighted by Gasteiger charge is -2.27. The largest absolute Gasteiger partial charge is 0.416 e. The number of hydrogen-bond acceptors (Lipinski definition) is 4. The van der Waals surface area contributed by atoms with Crippen molar-refractivity contribution in [1.29, 1.82) is 0 Å². The summed E-state index contributed by atoms with van der Waals surface area (Å²) in [7, 11) is 0. The summed E-state index contributed by atoms with van der Waals surface area (Å²) in [4.78, 5) is 22.0. The summed E-state index contributed by atoms with van der Waals surface area (Å²) in [6.45, 7) is 2.37. The van der Waals surface area contributed by atoms with Gasteiger partial charge in [0.25, 0.3) is 5.56 Å². The molecule has 1 aromatic heterocycles. The fraction of sp³-hybridized carbons (Fsp3) is 0.273. The molecular weight excluding hydrogens is 393 g/mol. The summed E-state index contributed by atoms with van der Waals surface area (Å²) in [5.41, 5.74) is 2.41. The number of H-pyrrole nitrogens is 1. The van der Waals surface area contributed by atoms with Gasteiger partial charge in [0.05, 0.1) is 16.8 Å². The highest BCUT2D eigenvalue weighted by Gasteiger charge is 2.29. The van der Waals surface area contributed by atoms with E-state index in [2.05, 4.69) is 32.3 Å². The van der Waals surface area contributed by atoms with Gasteiger partial charge in [-0.2, -0.15) is 13.2 Å². The first-order valence-electron chi connectivity index (χ1n) is 9.67. The average molecular weight is 414 g/mol. The minimum Gasteiger partial charge on any atom is -0.352 e. The molecule has 8 heteroatoms. The Morgan fingerprint density at radius 3 is 2.47 bits per heavy atom. The summed E-state index contributed by atoms with van der Waals surface area (Å²) in [6.07, 6.45) is -3.69. The second-order valence-corrected chi connectivity index (χ2v) is 7.33. The number of aromatic amines is 1. The Morgan fingerprint density at radius 2 is 1.77 bits per heavy atom. The number of rotatable bonds is 5. The van der Waals surface area contributed by atoms with Gasteiger partial charge >= 0.3 is 6.18 Å². The van der Waals surface area contributed by atoms with Gasteiger partial charge in [0.2, 0.25) is 5.95 Å². The highest BCUT2D eigenvalue weighted by atomic mass is 19.4. The molecule has 0 atom stereocenters. The third-order valence-electron chi connectivity index (χ3n) is 5.14. The second kappa shape index (κ2) is 8.31. The molecule has 0 radical (unpaired) electrons. The Hall–Kier alpha value is -3.13. The lowest BCUT2D eigenvalue weighted by molar-refractivity contribution is -0.137. The Kier molecular flexibility index (Phi) is 5.59. The summed E-state index contributed by atoms with van der Waals surface area (Å²) >= 11 is 0. The van der Waals surface area contributed by atoms with Gasteiger partial charge in [-0.25, -0.2) is 4.98 Å². The third kappa shape index (κ3) is 4.71. The molecule has 1 aliphatic rings. The normalized spacial score (nSPS) is 14.4. The van der Waals surface area contributed by atoms with Crippen LogP contribution in [-0.2, 0) is 32.2 Å². The summed E-state index contributed by atoms with van der Waals surface area (Å²) in [5, 5.41) is 3.00. The van der Waals surface area contributed by atoms with E-state index in [4.69, 9.17) is 0 Å². The zero-order valence-corrected chi connectivity index (χ0v) is 16.2. The number of halogens is 3. The first-order valence-corrected chi connectivity index (χ1v) is 9.67. The van der Waals surface area contributed by atoms with E-state index in [0.29, 0.717) is 30.0 Å². The van der Waals surface area contributed by atoms with Gasteiger partial charge in [-0.15, -0.1) is 0 Å². The number of nitrogens with zero attached hydrogens (tertiary/aromatic N) is 2. The van der Waals surface area contributed by atoms with Crippen molar-refractivity contribution in [1.82, 2.24) is 14.9 Å². The van der Waals surface area contributed by atoms with Crippen LogP contribution < -0.4 is 10.9 Å². The van der Waals surface area contributed by atoms with Crippen molar-refractivity contribution >= 4 is 5.95 Å². The van der Waals surface area contributed by atoms with E-state index >= 15 is 0 Å². The van der Waals surface area contributed by atoms with E-state index in [9.17, 15) is 18.0 Å². The Morgan fingerprint density at radius 1 is 1.03 bits per heavy atom. The predicted molar refractivity (Wildman–Crippen MR) is 108 cm³/mol. The maximum absolute atomic E-state index is 12.7. The second-order valence-electron chi connectivity index (χ2n) is 7.33. The van der Waals surface area contributed by atoms with Gasteiger partial charge in [0, 0.05) is 32.6 Å². The van der Waals surface area contributed by atoms with E-state index in [1.807, 2.05) is 18.2 Å². The van der Waals surface area contributed by atoms with Crippen molar-refractivity contribution in [3.8, 4) is 0 Å². The Balaban J connectivity index is 1.41. The molecular formula is C22H21F3N4O. The van der Waals surface area contributed by atoms with Crippen LogP contribution in [0.2, 0.25) is 0 Å². The quantitative estimate of drug-likeness (QED) is 0.664. The minimum atomic E-state index is -4.36. The number of aromatic nitrogens is 2. The maximum Gasteiger partial charge on any atom is 0.416 e. The van der Waals surface area contributed by atoms with Crippen LogP contribution in [0, 0.1) is 0 Å². The van der Waals surface area contributed by atoms with E-state index in [1.54, 1.807) is 0 Å². The fourth-order valence-electron chi connectivity index (χ4n) is 3.54. The fourth-order valence-corrected chi connectivity index (χ4v) is 3.54. The molecule has 0 saturated carbocycles. The average Bonchev–Trinajstić information content (AvgIpc) is 2.73. The van der Waals surface area contributed by atoms with Crippen molar-refractivity contribution < 1.29 is 13.2 Å². The lowest BCUT2D eigenvalue weighted by Crippen LogP contribution is -2.35. The number of hydrogen-bond donors (Lipinski definition) is 2. The van der Waals surface area contributed by atoms with Crippen molar-refractivity contribution in [3.05, 3.63) is 92.9 Å². The molecule has 3 aromatic rings. The highest BCUT2D eigenvalue weighted by Crippen LogP contribution is 2.29. The number of nitrogens with one attached hydrogen (secondary N) is 2. The molecule has 1 aliphatic heterocycles. The maximum atomic E-state index is 12.7. The van der Waals surface area contributed by atoms with Crippen LogP contribution in [-0.4, -0.2) is 21.4 Å². The monoisotopic (exact) mass is 414 g/mol. The molecule has 0 saturated heterocycles. The number of fused-ring (bicyclic) bond motifs is 1. The number of alkyl halides is 3. The van der Waals surface area contributed by atoms with Crippen LogP contribution in [0.15, 0.2) is 59.4 Å². The van der Waals surface area contributed by atoms with Gasteiger partial charge in [-0.05, 0) is 23.3 Å². The van der Waals surface area contributed by atoms with Crippen LogP contribution in [0.5, 0.6) is 0 Å². The number of benzene rings is 2. The SMILES string of the molecule is O=c1[nH]c(NCc2ccc(C(F)(F)F)cc2)nc2c1CN(Cc1ccccc1)CC2. The van der Waals surface area contributed by atoms with E-state index in [0.717, 1.165) is 30.9 Å². The molecule has 0 unspecified atom stereocenters. The molecule has 2 heterocycles. The first-order chi connectivity index (χ1) is 14.4. The van der Waals surface area contributed by atoms with Crippen molar-refractivity contribution in [2.24, 2.45) is 0 Å². The molecule has 156 valence electrons. The van der Waals surface area contributed by atoms with Crippen LogP contribution in [0.3, 0.4) is 0 Å². The zero-order chi connectivity index (χ0) is 21.1. The van der Waals surface area contributed by atoms with Gasteiger partial charge in [-0.3, -0.25) is 14.7 Å². The van der Waals surface area contributed by atoms with E-state index in [1.165, 1.54) is 17.7 Å². The van der Waals surface area contributed by atoms with Crippen molar-refractivity contribution in [2.45, 2.75) is 32.2 Å². The zero-order valence-electron chi connectivity index (χ0n) is 16.2. The summed E-state index contributed by atoms with van der Waals surface area (Å²) in [6, 6.07) is 15.0. The molecule has 0 bridgehead atoms. The van der Waals surface area contributed by atoms with E-state index < -0.39 is 11.7 Å². The highest BCUT2D eigenvalue weighted by molar-refractivity contribution is 5.33. The Labute approximate surface area is 171 Å². The van der Waals surface area contributed by atoms with Crippen molar-refractivity contribution in [2.75, 3.05) is 11.9 Å². The lowest BCUT2D eigenvalue weighted by atomic mass is 10.1. The minimum absolute atomic E-state index is 0.187. The van der Waals surface area contributed by atoms with E-state index in [-0.39, 0.29) is 12.1 Å². The first kappa shape index (κ1) is 20.2. The molecule has 0 spiro atoms. The van der Waals surface area contributed by atoms with Crippen LogP contribution >= 0.6 is 0 Å². The molecule has 5 nitrogen and oxygen atoms in total. The standard InChI is InChI=1S/C22H21F3N4O/c23-22(24,25)17-8-6-15(7-9-17)12-26-21-27-19-10-11-29(14-18(19)20(30)28-21)13-16-4-2-1-3-5-16/h1-9H,10-14H2,(H2,26,27,28,30). The van der Waals surface area contributed by atoms with Gasteiger partial charge < -0.3 is 5.32 Å². The molecule has 0 aliphatic carbocycles. The molecule has 2 N–H and O–H groups in total. The van der Waals surface area contributed by atoms with Gasteiger partial charge in [-0.1, -0.05) is 42.5 Å². The molecule has 2 aromatic carbocycles. The van der Waals surface area contributed by atoms with Crippen molar-refractivity contribution in [3.63, 3.8) is 0 Å².